The number of ether oxygens (including phenoxy) is 1. The zero-order chi connectivity index (χ0) is 16.5. The molecule has 0 spiro atoms. The number of halogens is 7. The molecule has 1 N–H and O–H groups in total. The van der Waals surface area contributed by atoms with E-state index in [2.05, 4.69) is 10.2 Å². The molecule has 0 aliphatic carbocycles. The zero-order valence-corrected chi connectivity index (χ0v) is 10.1. The van der Waals surface area contributed by atoms with Crippen LogP contribution in [0.25, 0.3) is 0 Å². The second-order valence-electron chi connectivity index (χ2n) is 3.68. The van der Waals surface area contributed by atoms with Gasteiger partial charge in [-0.25, -0.2) is 4.74 Å². The minimum absolute atomic E-state index is 0.0841. The Morgan fingerprint density at radius 1 is 1.29 bits per heavy atom. The highest BCUT2D eigenvalue weighted by atomic mass is 19.4. The third-order valence-electron chi connectivity index (χ3n) is 2.11. The van der Waals surface area contributed by atoms with E-state index in [1.54, 1.807) is 0 Å². The van der Waals surface area contributed by atoms with Gasteiger partial charge < -0.3 is 9.88 Å². The van der Waals surface area contributed by atoms with Crippen molar-refractivity contribution < 1.29 is 40.3 Å². The number of hydrogen-bond acceptors (Lipinski definition) is 4. The van der Waals surface area contributed by atoms with Crippen molar-refractivity contribution in [3.05, 3.63) is 12.2 Å². The predicted molar refractivity (Wildman–Crippen MR) is 49.9 cm³/mol. The van der Waals surface area contributed by atoms with E-state index in [1.807, 2.05) is 4.74 Å². The van der Waals surface area contributed by atoms with Crippen molar-refractivity contribution in [1.82, 2.24) is 20.1 Å². The van der Waals surface area contributed by atoms with E-state index in [0.717, 1.165) is 6.33 Å². The molecule has 0 bridgehead atoms. The predicted octanol–water partition coefficient (Wildman–Crippen LogP) is 1.20. The van der Waals surface area contributed by atoms with Gasteiger partial charge in [0, 0.05) is 7.05 Å². The van der Waals surface area contributed by atoms with Gasteiger partial charge in [-0.3, -0.25) is 4.79 Å². The number of rotatable bonds is 5. The monoisotopic (exact) mass is 324 g/mol. The Kier molecular flexibility index (Phi) is 4.45. The van der Waals surface area contributed by atoms with Crippen molar-refractivity contribution in [2.45, 2.75) is 24.9 Å². The quantitative estimate of drug-likeness (QED) is 0.826. The summed E-state index contributed by atoms with van der Waals surface area (Å²) in [6.45, 7) is -0.743. The Morgan fingerprint density at radius 3 is 2.29 bits per heavy atom. The first-order valence-corrected chi connectivity index (χ1v) is 5.00. The summed E-state index contributed by atoms with van der Waals surface area (Å²) in [7, 11) is 1.36. The lowest BCUT2D eigenvalue weighted by atomic mass is 10.3. The van der Waals surface area contributed by atoms with Gasteiger partial charge in [-0.2, -0.15) is 17.6 Å². The van der Waals surface area contributed by atoms with Crippen LogP contribution in [0.4, 0.5) is 30.7 Å². The van der Waals surface area contributed by atoms with Crippen LogP contribution in [-0.4, -0.2) is 39.1 Å². The molecule has 1 amide bonds. The number of carbonyl (C=O) groups is 1. The molecule has 0 radical (unpaired) electrons. The summed E-state index contributed by atoms with van der Waals surface area (Å²) < 4.78 is 89.5. The topological polar surface area (TPSA) is 69.0 Å². The van der Waals surface area contributed by atoms with Crippen molar-refractivity contribution in [2.75, 3.05) is 0 Å². The minimum atomic E-state index is -6.06. The Bertz CT molecular complexity index is 513. The number of aryl methyl sites for hydroxylation is 1. The molecule has 21 heavy (non-hydrogen) atoms. The van der Waals surface area contributed by atoms with Crippen LogP contribution in [0.5, 0.6) is 0 Å². The van der Waals surface area contributed by atoms with Gasteiger partial charge in [-0.15, -0.1) is 23.4 Å². The van der Waals surface area contributed by atoms with Crippen molar-refractivity contribution in [3.63, 3.8) is 0 Å². The number of aromatic nitrogens is 3. The van der Waals surface area contributed by atoms with Crippen LogP contribution >= 0.6 is 0 Å². The van der Waals surface area contributed by atoms with Crippen LogP contribution < -0.4 is 5.32 Å². The number of carbonyl (C=O) groups excluding carboxylic acids is 1. The minimum Gasteiger partial charge on any atom is -0.343 e. The van der Waals surface area contributed by atoms with E-state index in [9.17, 15) is 35.5 Å². The van der Waals surface area contributed by atoms with Gasteiger partial charge in [0.05, 0.1) is 6.54 Å². The molecule has 0 fully saturated rings. The molecule has 0 aliphatic heterocycles. The molecule has 0 aliphatic rings. The second kappa shape index (κ2) is 5.46. The van der Waals surface area contributed by atoms with E-state index < -0.39 is 30.8 Å². The van der Waals surface area contributed by atoms with Crippen LogP contribution in [0.1, 0.15) is 5.82 Å². The van der Waals surface area contributed by atoms with E-state index in [4.69, 9.17) is 0 Å². The van der Waals surface area contributed by atoms with Crippen molar-refractivity contribution >= 4 is 5.91 Å². The van der Waals surface area contributed by atoms with Crippen LogP contribution in [0.2, 0.25) is 0 Å². The van der Waals surface area contributed by atoms with Gasteiger partial charge >= 0.3 is 18.4 Å². The van der Waals surface area contributed by atoms with E-state index in [-0.39, 0.29) is 5.82 Å². The van der Waals surface area contributed by atoms with Crippen LogP contribution in [-0.2, 0) is 23.1 Å². The van der Waals surface area contributed by atoms with Crippen LogP contribution in [0.3, 0.4) is 0 Å². The molecule has 0 saturated heterocycles. The summed E-state index contributed by atoms with van der Waals surface area (Å²) in [6.07, 6.45) is -11.0. The van der Waals surface area contributed by atoms with E-state index in [1.165, 1.54) is 16.9 Å². The fraction of sp³-hybridized carbons (Fsp3) is 0.625. The maximum Gasteiger partial charge on any atom is 0.527 e. The molecule has 1 aromatic rings. The van der Waals surface area contributed by atoms with Gasteiger partial charge in [0.15, 0.2) is 5.82 Å². The maximum absolute atomic E-state index is 13.0. The fourth-order valence-electron chi connectivity index (χ4n) is 1.08. The molecule has 0 aromatic carbocycles. The third kappa shape index (κ3) is 4.03. The maximum atomic E-state index is 13.0. The number of nitrogens with one attached hydrogen (secondary N) is 1. The first-order chi connectivity index (χ1) is 9.37. The van der Waals surface area contributed by atoms with Crippen molar-refractivity contribution in [2.24, 2.45) is 7.05 Å². The van der Waals surface area contributed by atoms with Gasteiger partial charge in [0.25, 0.3) is 5.91 Å². The Hall–Kier alpha value is -1.92. The number of amides is 1. The second-order valence-corrected chi connectivity index (χ2v) is 3.68. The van der Waals surface area contributed by atoms with Gasteiger partial charge in [-0.05, 0) is 0 Å². The molecule has 0 atom stereocenters. The van der Waals surface area contributed by atoms with Gasteiger partial charge in [-0.1, -0.05) is 0 Å². The summed E-state index contributed by atoms with van der Waals surface area (Å²) in [5.41, 5.74) is 0. The lowest BCUT2D eigenvalue weighted by Gasteiger charge is -2.25. The first-order valence-electron chi connectivity index (χ1n) is 5.00. The standard InChI is InChI=1S/C8H7F7N4O2/c1-19-3-17-18-4(19)2-16-5(20)6(9,10)7(11,12)21-8(13,14)15/h3H,2H2,1H3,(H,16,20). The molecule has 0 unspecified atom stereocenters. The van der Waals surface area contributed by atoms with Crippen LogP contribution in [0.15, 0.2) is 6.33 Å². The molecular formula is C8H7F7N4O2. The summed E-state index contributed by atoms with van der Waals surface area (Å²) in [6, 6.07) is 0. The molecule has 13 heteroatoms. The Labute approximate surface area is 111 Å². The smallest absolute Gasteiger partial charge is 0.343 e. The average molecular weight is 324 g/mol. The number of nitrogens with zero attached hydrogens (tertiary/aromatic N) is 3. The highest BCUT2D eigenvalue weighted by molar-refractivity contribution is 5.84. The summed E-state index contributed by atoms with van der Waals surface area (Å²) >= 11 is 0. The highest BCUT2D eigenvalue weighted by Gasteiger charge is 2.67. The normalized spacial score (nSPS) is 13.3. The largest absolute Gasteiger partial charge is 0.527 e. The molecule has 6 nitrogen and oxygen atoms in total. The number of hydrogen-bond donors (Lipinski definition) is 1. The highest BCUT2D eigenvalue weighted by Crippen LogP contribution is 2.40. The van der Waals surface area contributed by atoms with Gasteiger partial charge in [0.2, 0.25) is 0 Å². The molecular weight excluding hydrogens is 317 g/mol. The van der Waals surface area contributed by atoms with Crippen LogP contribution in [0, 0.1) is 0 Å². The lowest BCUT2D eigenvalue weighted by Crippen LogP contribution is -2.55. The molecule has 0 saturated carbocycles. The summed E-state index contributed by atoms with van der Waals surface area (Å²) in [5.74, 6) is -8.47. The molecule has 1 heterocycles. The van der Waals surface area contributed by atoms with Crippen molar-refractivity contribution in [3.8, 4) is 0 Å². The zero-order valence-electron chi connectivity index (χ0n) is 10.1. The summed E-state index contributed by atoms with van der Waals surface area (Å²) in [4.78, 5) is 11.0. The molecule has 120 valence electrons. The first kappa shape index (κ1) is 17.1. The van der Waals surface area contributed by atoms with E-state index >= 15 is 0 Å². The fourth-order valence-corrected chi connectivity index (χ4v) is 1.08. The number of alkyl halides is 7. The lowest BCUT2D eigenvalue weighted by molar-refractivity contribution is -0.458. The Morgan fingerprint density at radius 2 is 1.86 bits per heavy atom. The SMILES string of the molecule is Cn1cnnc1CNC(=O)C(F)(F)C(F)(F)OC(F)(F)F. The average Bonchev–Trinajstić information content (AvgIpc) is 2.68. The molecule has 1 rings (SSSR count). The molecule has 1 aromatic heterocycles. The van der Waals surface area contributed by atoms with Crippen molar-refractivity contribution in [1.29, 1.82) is 0 Å². The van der Waals surface area contributed by atoms with E-state index in [0.29, 0.717) is 0 Å². The Balaban J connectivity index is 2.76. The third-order valence-corrected chi connectivity index (χ3v) is 2.11. The summed E-state index contributed by atoms with van der Waals surface area (Å²) in [5, 5.41) is 7.98. The van der Waals surface area contributed by atoms with Gasteiger partial charge in [0.1, 0.15) is 6.33 Å².